The number of aromatic nitrogens is 1. The first kappa shape index (κ1) is 12.5. The summed E-state index contributed by atoms with van der Waals surface area (Å²) in [7, 11) is 0. The van der Waals surface area contributed by atoms with E-state index >= 15 is 0 Å². The van der Waals surface area contributed by atoms with Crippen molar-refractivity contribution in [3.63, 3.8) is 0 Å². The summed E-state index contributed by atoms with van der Waals surface area (Å²) >= 11 is 0. The molecule has 0 unspecified atom stereocenters. The lowest BCUT2D eigenvalue weighted by Gasteiger charge is -2.24. The third-order valence-electron chi connectivity index (χ3n) is 2.85. The Kier molecular flexibility index (Phi) is 3.30. The molecule has 0 fully saturated rings. The molecule has 0 bridgehead atoms. The summed E-state index contributed by atoms with van der Waals surface area (Å²) in [6, 6.07) is 9.58. The Hall–Kier alpha value is -1.94. The van der Waals surface area contributed by atoms with Gasteiger partial charge in [-0.15, -0.1) is 0 Å². The van der Waals surface area contributed by atoms with Gasteiger partial charge in [-0.2, -0.15) is 0 Å². The minimum absolute atomic E-state index is 0.192. The molecule has 0 saturated heterocycles. The average Bonchev–Trinajstić information content (AvgIpc) is 2.37. The number of nitrogens with zero attached hydrogens (tertiary/aromatic N) is 1. The highest BCUT2D eigenvalue weighted by molar-refractivity contribution is 6.05. The number of nitrogens with two attached hydrogens (primary N) is 1. The molecule has 1 aromatic carbocycles. The van der Waals surface area contributed by atoms with E-state index in [1.54, 1.807) is 6.20 Å². The minimum atomic E-state index is -0.435. The molecule has 2 aromatic rings. The quantitative estimate of drug-likeness (QED) is 0.862. The number of rotatable bonds is 3. The Balaban J connectivity index is 2.39. The molecular formula is C14H17N3O. The van der Waals surface area contributed by atoms with E-state index in [2.05, 4.69) is 10.3 Å². The average molecular weight is 243 g/mol. The number of carbonyl (C=O) groups is 1. The van der Waals surface area contributed by atoms with Crippen LogP contribution < -0.4 is 11.1 Å². The van der Waals surface area contributed by atoms with Crippen LogP contribution in [0, 0.1) is 0 Å². The molecule has 1 heterocycles. The summed E-state index contributed by atoms with van der Waals surface area (Å²) in [5.41, 5.74) is 5.61. The van der Waals surface area contributed by atoms with Gasteiger partial charge in [-0.3, -0.25) is 9.78 Å². The Morgan fingerprint density at radius 1 is 1.33 bits per heavy atom. The van der Waals surface area contributed by atoms with Gasteiger partial charge < -0.3 is 11.1 Å². The van der Waals surface area contributed by atoms with Crippen LogP contribution in [-0.4, -0.2) is 23.0 Å². The van der Waals surface area contributed by atoms with Crippen molar-refractivity contribution in [3.05, 3.63) is 42.2 Å². The minimum Gasteiger partial charge on any atom is -0.345 e. The first-order valence-corrected chi connectivity index (χ1v) is 5.90. The van der Waals surface area contributed by atoms with Gasteiger partial charge in [0.1, 0.15) is 5.69 Å². The van der Waals surface area contributed by atoms with Gasteiger partial charge in [-0.25, -0.2) is 0 Å². The van der Waals surface area contributed by atoms with Crippen LogP contribution in [0.25, 0.3) is 10.8 Å². The third kappa shape index (κ3) is 2.49. The summed E-state index contributed by atoms with van der Waals surface area (Å²) < 4.78 is 0. The summed E-state index contributed by atoms with van der Waals surface area (Å²) in [5, 5.41) is 4.74. The van der Waals surface area contributed by atoms with E-state index in [-0.39, 0.29) is 5.91 Å². The Morgan fingerprint density at radius 3 is 2.78 bits per heavy atom. The maximum Gasteiger partial charge on any atom is 0.270 e. The van der Waals surface area contributed by atoms with E-state index in [4.69, 9.17) is 5.73 Å². The highest BCUT2D eigenvalue weighted by Gasteiger charge is 2.21. The fraction of sp³-hybridized carbons (Fsp3) is 0.286. The van der Waals surface area contributed by atoms with E-state index in [1.165, 1.54) is 0 Å². The van der Waals surface area contributed by atoms with E-state index in [0.29, 0.717) is 12.2 Å². The van der Waals surface area contributed by atoms with Crippen LogP contribution in [0.5, 0.6) is 0 Å². The van der Waals surface area contributed by atoms with Gasteiger partial charge in [0.05, 0.1) is 0 Å². The first-order chi connectivity index (χ1) is 8.53. The summed E-state index contributed by atoms with van der Waals surface area (Å²) in [5.74, 6) is -0.192. The van der Waals surface area contributed by atoms with Gasteiger partial charge in [0, 0.05) is 23.7 Å². The van der Waals surface area contributed by atoms with Crippen molar-refractivity contribution in [2.45, 2.75) is 19.4 Å². The van der Waals surface area contributed by atoms with Crippen molar-refractivity contribution in [2.75, 3.05) is 6.54 Å². The Bertz CT molecular complexity index is 573. The van der Waals surface area contributed by atoms with Gasteiger partial charge in [-0.1, -0.05) is 24.3 Å². The SMILES string of the molecule is CC(C)(CN)NC(=O)c1nccc2ccccc12. The zero-order valence-corrected chi connectivity index (χ0v) is 10.6. The van der Waals surface area contributed by atoms with Crippen molar-refractivity contribution in [1.82, 2.24) is 10.3 Å². The molecule has 0 saturated carbocycles. The second-order valence-corrected chi connectivity index (χ2v) is 4.92. The lowest BCUT2D eigenvalue weighted by molar-refractivity contribution is 0.0912. The number of fused-ring (bicyclic) bond motifs is 1. The van der Waals surface area contributed by atoms with E-state index in [1.807, 2.05) is 44.2 Å². The summed E-state index contributed by atoms with van der Waals surface area (Å²) in [6.07, 6.45) is 1.65. The van der Waals surface area contributed by atoms with Crippen molar-refractivity contribution < 1.29 is 4.79 Å². The molecule has 1 amide bonds. The molecule has 0 aliphatic carbocycles. The third-order valence-corrected chi connectivity index (χ3v) is 2.85. The zero-order chi connectivity index (χ0) is 13.2. The topological polar surface area (TPSA) is 68.0 Å². The lowest BCUT2D eigenvalue weighted by atomic mass is 10.0. The molecule has 3 N–H and O–H groups in total. The standard InChI is InChI=1S/C14H17N3O/c1-14(2,9-15)17-13(18)12-11-6-4-3-5-10(11)7-8-16-12/h3-8H,9,15H2,1-2H3,(H,17,18). The van der Waals surface area contributed by atoms with E-state index in [0.717, 1.165) is 10.8 Å². The van der Waals surface area contributed by atoms with Gasteiger partial charge >= 0.3 is 0 Å². The smallest absolute Gasteiger partial charge is 0.270 e. The molecule has 18 heavy (non-hydrogen) atoms. The molecular weight excluding hydrogens is 226 g/mol. The molecule has 4 nitrogen and oxygen atoms in total. The number of carbonyl (C=O) groups excluding carboxylic acids is 1. The Labute approximate surface area is 106 Å². The van der Waals surface area contributed by atoms with Crippen molar-refractivity contribution >= 4 is 16.7 Å². The predicted molar refractivity (Wildman–Crippen MR) is 72.3 cm³/mol. The maximum absolute atomic E-state index is 12.2. The molecule has 0 aliphatic rings. The van der Waals surface area contributed by atoms with Crippen molar-refractivity contribution in [3.8, 4) is 0 Å². The monoisotopic (exact) mass is 243 g/mol. The number of nitrogens with one attached hydrogen (secondary N) is 1. The molecule has 94 valence electrons. The van der Waals surface area contributed by atoms with Crippen molar-refractivity contribution in [2.24, 2.45) is 5.73 Å². The molecule has 0 radical (unpaired) electrons. The van der Waals surface area contributed by atoms with Gasteiger partial charge in [0.15, 0.2) is 0 Å². The molecule has 0 atom stereocenters. The van der Waals surface area contributed by atoms with Crippen LogP contribution in [0.1, 0.15) is 24.3 Å². The van der Waals surface area contributed by atoms with Crippen LogP contribution in [0.2, 0.25) is 0 Å². The zero-order valence-electron chi connectivity index (χ0n) is 10.6. The predicted octanol–water partition coefficient (Wildman–Crippen LogP) is 1.70. The van der Waals surface area contributed by atoms with Crippen LogP contribution in [0.15, 0.2) is 36.5 Å². The van der Waals surface area contributed by atoms with Crippen molar-refractivity contribution in [1.29, 1.82) is 0 Å². The highest BCUT2D eigenvalue weighted by Crippen LogP contribution is 2.16. The molecule has 1 aromatic heterocycles. The summed E-state index contributed by atoms with van der Waals surface area (Å²) in [4.78, 5) is 16.4. The molecule has 0 aliphatic heterocycles. The maximum atomic E-state index is 12.2. The van der Waals surface area contributed by atoms with Gasteiger partial charge in [0.2, 0.25) is 0 Å². The van der Waals surface area contributed by atoms with Crippen LogP contribution in [-0.2, 0) is 0 Å². The second kappa shape index (κ2) is 4.74. The number of hydrogen-bond donors (Lipinski definition) is 2. The van der Waals surface area contributed by atoms with Gasteiger partial charge in [0.25, 0.3) is 5.91 Å². The number of amides is 1. The number of pyridine rings is 1. The second-order valence-electron chi connectivity index (χ2n) is 4.92. The Morgan fingerprint density at radius 2 is 2.06 bits per heavy atom. The van der Waals surface area contributed by atoms with E-state index in [9.17, 15) is 4.79 Å². The van der Waals surface area contributed by atoms with E-state index < -0.39 is 5.54 Å². The fourth-order valence-corrected chi connectivity index (χ4v) is 1.72. The fourth-order valence-electron chi connectivity index (χ4n) is 1.72. The first-order valence-electron chi connectivity index (χ1n) is 5.90. The summed E-state index contributed by atoms with van der Waals surface area (Å²) in [6.45, 7) is 4.15. The highest BCUT2D eigenvalue weighted by atomic mass is 16.2. The molecule has 0 spiro atoms. The molecule has 4 heteroatoms. The van der Waals surface area contributed by atoms with Gasteiger partial charge in [-0.05, 0) is 25.3 Å². The molecule has 2 rings (SSSR count). The lowest BCUT2D eigenvalue weighted by Crippen LogP contribution is -2.49. The normalized spacial score (nSPS) is 11.5. The largest absolute Gasteiger partial charge is 0.345 e. The van der Waals surface area contributed by atoms with Crippen LogP contribution in [0.4, 0.5) is 0 Å². The number of benzene rings is 1. The van der Waals surface area contributed by atoms with Crippen LogP contribution >= 0.6 is 0 Å². The van der Waals surface area contributed by atoms with Crippen LogP contribution in [0.3, 0.4) is 0 Å². The number of hydrogen-bond acceptors (Lipinski definition) is 3.